The first-order valence-corrected chi connectivity index (χ1v) is 9.19. The zero-order valence-corrected chi connectivity index (χ0v) is 14.7. The van der Waals surface area contributed by atoms with Crippen LogP contribution in [0.2, 0.25) is 0 Å². The van der Waals surface area contributed by atoms with Crippen LogP contribution in [0.1, 0.15) is 23.1 Å². The molecule has 0 unspecified atom stereocenters. The molecule has 0 aliphatic heterocycles. The monoisotopic (exact) mass is 368 g/mol. The van der Waals surface area contributed by atoms with Crippen LogP contribution in [0.5, 0.6) is 0 Å². The van der Waals surface area contributed by atoms with E-state index in [1.807, 2.05) is 24.4 Å². The first kappa shape index (κ1) is 16.8. The van der Waals surface area contributed by atoms with Gasteiger partial charge in [0.1, 0.15) is 5.82 Å². The first-order chi connectivity index (χ1) is 12.7. The molecule has 26 heavy (non-hydrogen) atoms. The topological polar surface area (TPSA) is 80.7 Å². The molecule has 4 rings (SSSR count). The minimum atomic E-state index is -0.373. The minimum absolute atomic E-state index is 0.248. The van der Waals surface area contributed by atoms with E-state index in [0.29, 0.717) is 23.3 Å². The Morgan fingerprint density at radius 3 is 2.77 bits per heavy atom. The molecular weight excluding hydrogens is 351 g/mol. The number of nitrogens with two attached hydrogens (primary N) is 1. The molecular formula is C19H17FN4OS. The molecule has 0 radical (unpaired) electrons. The van der Waals surface area contributed by atoms with E-state index in [2.05, 4.69) is 21.2 Å². The third kappa shape index (κ3) is 3.63. The second-order valence-corrected chi connectivity index (χ2v) is 6.92. The maximum absolute atomic E-state index is 12.9. The lowest BCUT2D eigenvalue weighted by Crippen LogP contribution is -2.13. The van der Waals surface area contributed by atoms with Gasteiger partial charge in [-0.25, -0.2) is 4.39 Å². The smallest absolute Gasteiger partial charge is 0.276 e. The van der Waals surface area contributed by atoms with Crippen molar-refractivity contribution in [2.75, 3.05) is 0 Å². The predicted octanol–water partition coefficient (Wildman–Crippen LogP) is 4.22. The second-order valence-electron chi connectivity index (χ2n) is 5.99. The van der Waals surface area contributed by atoms with Gasteiger partial charge in [0.05, 0.1) is 6.04 Å². The molecule has 5 nitrogen and oxygen atoms in total. The van der Waals surface area contributed by atoms with Gasteiger partial charge in [-0.15, -0.1) is 10.2 Å². The van der Waals surface area contributed by atoms with Gasteiger partial charge < -0.3 is 15.1 Å². The molecule has 3 N–H and O–H groups in total. The fraction of sp³-hybridized carbons (Fsp3) is 0.158. The number of hydrogen-bond donors (Lipinski definition) is 2. The van der Waals surface area contributed by atoms with E-state index in [9.17, 15) is 4.39 Å². The summed E-state index contributed by atoms with van der Waals surface area (Å²) in [5.74, 6) is 0.790. The van der Waals surface area contributed by atoms with Gasteiger partial charge in [-0.3, -0.25) is 0 Å². The molecule has 0 saturated heterocycles. The summed E-state index contributed by atoms with van der Waals surface area (Å²) in [6.07, 6.45) is 2.57. The van der Waals surface area contributed by atoms with Gasteiger partial charge in [-0.05, 0) is 35.7 Å². The fourth-order valence-corrected chi connectivity index (χ4v) is 3.50. The van der Waals surface area contributed by atoms with Gasteiger partial charge in [0.2, 0.25) is 5.89 Å². The quantitative estimate of drug-likeness (QED) is 0.498. The zero-order chi connectivity index (χ0) is 17.9. The number of aromatic amines is 1. The van der Waals surface area contributed by atoms with Crippen LogP contribution >= 0.6 is 11.8 Å². The number of hydrogen-bond acceptors (Lipinski definition) is 5. The Bertz CT molecular complexity index is 1010. The number of benzene rings is 2. The Hall–Kier alpha value is -2.64. The summed E-state index contributed by atoms with van der Waals surface area (Å²) in [5.41, 5.74) is 9.44. The van der Waals surface area contributed by atoms with E-state index in [1.54, 1.807) is 12.1 Å². The Morgan fingerprint density at radius 1 is 1.12 bits per heavy atom. The van der Waals surface area contributed by atoms with E-state index in [4.69, 9.17) is 10.2 Å². The number of para-hydroxylation sites is 1. The highest BCUT2D eigenvalue weighted by molar-refractivity contribution is 7.98. The highest BCUT2D eigenvalue weighted by Crippen LogP contribution is 2.26. The normalized spacial score (nSPS) is 12.5. The first-order valence-electron chi connectivity index (χ1n) is 8.20. The summed E-state index contributed by atoms with van der Waals surface area (Å²) in [6, 6.07) is 14.1. The summed E-state index contributed by atoms with van der Waals surface area (Å²) in [6.45, 7) is 0. The van der Waals surface area contributed by atoms with Crippen molar-refractivity contribution in [3.63, 3.8) is 0 Å². The molecule has 2 aromatic carbocycles. The van der Waals surface area contributed by atoms with Gasteiger partial charge in [0.25, 0.3) is 5.22 Å². The summed E-state index contributed by atoms with van der Waals surface area (Å²) in [4.78, 5) is 3.24. The standard InChI is InChI=1S/C19H17FN4OS/c20-14-7-5-12(6-8-14)11-26-19-24-23-18(25-19)16(21)9-13-10-22-17-4-2-1-3-15(13)17/h1-8,10,16,22H,9,11,21H2/t16-/m1/s1. The van der Waals surface area contributed by atoms with Crippen LogP contribution in [-0.4, -0.2) is 15.2 Å². The van der Waals surface area contributed by atoms with Gasteiger partial charge in [-0.1, -0.05) is 42.1 Å². The molecule has 0 bridgehead atoms. The minimum Gasteiger partial charge on any atom is -0.414 e. The Labute approximate surface area is 153 Å². The van der Waals surface area contributed by atoms with Crippen LogP contribution in [-0.2, 0) is 12.2 Å². The lowest BCUT2D eigenvalue weighted by molar-refractivity contribution is 0.385. The van der Waals surface area contributed by atoms with Gasteiger partial charge >= 0.3 is 0 Å². The molecule has 1 atom stereocenters. The summed E-state index contributed by atoms with van der Waals surface area (Å²) in [7, 11) is 0. The van der Waals surface area contributed by atoms with E-state index in [0.717, 1.165) is 22.0 Å². The maximum Gasteiger partial charge on any atom is 0.276 e. The van der Waals surface area contributed by atoms with Crippen molar-refractivity contribution < 1.29 is 8.81 Å². The van der Waals surface area contributed by atoms with Crippen LogP contribution in [0, 0.1) is 5.82 Å². The fourth-order valence-electron chi connectivity index (χ4n) is 2.78. The average Bonchev–Trinajstić information content (AvgIpc) is 3.29. The van der Waals surface area contributed by atoms with Crippen molar-refractivity contribution in [2.45, 2.75) is 23.4 Å². The summed E-state index contributed by atoms with van der Waals surface area (Å²) >= 11 is 1.40. The van der Waals surface area contributed by atoms with E-state index < -0.39 is 0 Å². The number of rotatable bonds is 6. The molecule has 2 aromatic heterocycles. The molecule has 0 amide bonds. The van der Waals surface area contributed by atoms with Crippen molar-refractivity contribution in [3.05, 3.63) is 77.6 Å². The number of fused-ring (bicyclic) bond motifs is 1. The molecule has 0 spiro atoms. The number of nitrogens with one attached hydrogen (secondary N) is 1. The van der Waals surface area contributed by atoms with Crippen molar-refractivity contribution >= 4 is 22.7 Å². The van der Waals surface area contributed by atoms with Crippen LogP contribution in [0.4, 0.5) is 4.39 Å². The maximum atomic E-state index is 12.9. The Morgan fingerprint density at radius 2 is 1.92 bits per heavy atom. The van der Waals surface area contributed by atoms with Crippen LogP contribution < -0.4 is 5.73 Å². The second kappa shape index (κ2) is 7.31. The number of halogens is 1. The largest absolute Gasteiger partial charge is 0.414 e. The average molecular weight is 368 g/mol. The molecule has 0 aliphatic carbocycles. The lowest BCUT2D eigenvalue weighted by Gasteiger charge is -2.05. The van der Waals surface area contributed by atoms with Crippen LogP contribution in [0.3, 0.4) is 0 Å². The third-order valence-electron chi connectivity index (χ3n) is 4.13. The van der Waals surface area contributed by atoms with Crippen LogP contribution in [0.25, 0.3) is 10.9 Å². The SMILES string of the molecule is N[C@H](Cc1c[nH]c2ccccc12)c1nnc(SCc2ccc(F)cc2)o1. The highest BCUT2D eigenvalue weighted by Gasteiger charge is 2.17. The van der Waals surface area contributed by atoms with E-state index in [-0.39, 0.29) is 11.9 Å². The van der Waals surface area contributed by atoms with Gasteiger partial charge in [0.15, 0.2) is 0 Å². The number of nitrogens with zero attached hydrogens (tertiary/aromatic N) is 2. The number of thioether (sulfide) groups is 1. The van der Waals surface area contributed by atoms with E-state index >= 15 is 0 Å². The Kier molecular flexibility index (Phi) is 4.73. The third-order valence-corrected chi connectivity index (χ3v) is 5.02. The summed E-state index contributed by atoms with van der Waals surface area (Å²) in [5, 5.41) is 9.72. The van der Waals surface area contributed by atoms with Gasteiger partial charge in [0, 0.05) is 22.9 Å². The molecule has 2 heterocycles. The molecule has 0 saturated carbocycles. The molecule has 132 valence electrons. The van der Waals surface area contributed by atoms with Crippen molar-refractivity contribution in [1.29, 1.82) is 0 Å². The van der Waals surface area contributed by atoms with Gasteiger partial charge in [-0.2, -0.15) is 0 Å². The number of aromatic nitrogens is 3. The predicted molar refractivity (Wildman–Crippen MR) is 99.2 cm³/mol. The van der Waals surface area contributed by atoms with Crippen molar-refractivity contribution in [3.8, 4) is 0 Å². The lowest BCUT2D eigenvalue weighted by atomic mass is 10.1. The van der Waals surface area contributed by atoms with Crippen molar-refractivity contribution in [2.24, 2.45) is 5.73 Å². The highest BCUT2D eigenvalue weighted by atomic mass is 32.2. The molecule has 7 heteroatoms. The molecule has 4 aromatic rings. The van der Waals surface area contributed by atoms with E-state index in [1.165, 1.54) is 23.9 Å². The van der Waals surface area contributed by atoms with Crippen LogP contribution in [0.15, 0.2) is 64.4 Å². The Balaban J connectivity index is 1.41. The summed E-state index contributed by atoms with van der Waals surface area (Å²) < 4.78 is 18.6. The molecule has 0 aliphatic rings. The zero-order valence-electron chi connectivity index (χ0n) is 13.9. The molecule has 0 fully saturated rings. The van der Waals surface area contributed by atoms with Crippen molar-refractivity contribution in [1.82, 2.24) is 15.2 Å². The number of H-pyrrole nitrogens is 1.